The Kier molecular flexibility index (Phi) is 5.59. The lowest BCUT2D eigenvalue weighted by atomic mass is 10.1. The molecular formula is C23H17F4N5O. The minimum Gasteiger partial charge on any atom is -0.494 e. The molecule has 0 spiro atoms. The fourth-order valence-corrected chi connectivity index (χ4v) is 3.34. The van der Waals surface area contributed by atoms with Crippen molar-refractivity contribution in [1.29, 1.82) is 0 Å². The van der Waals surface area contributed by atoms with E-state index in [1.165, 1.54) is 43.5 Å². The molecule has 1 aromatic heterocycles. The van der Waals surface area contributed by atoms with Crippen molar-refractivity contribution in [3.05, 3.63) is 77.6 Å². The van der Waals surface area contributed by atoms with Crippen LogP contribution in [0.4, 0.5) is 29.1 Å². The SMILES string of the molecule is COc1cccc2c(N=C(N)c3cccc(F)c3N)nc(-c3ccccc3C(F)(F)F)nc12. The first kappa shape index (κ1) is 22.0. The molecule has 168 valence electrons. The van der Waals surface area contributed by atoms with E-state index in [1.54, 1.807) is 18.2 Å². The average Bonchev–Trinajstić information content (AvgIpc) is 2.79. The van der Waals surface area contributed by atoms with Gasteiger partial charge in [0.25, 0.3) is 0 Å². The van der Waals surface area contributed by atoms with E-state index >= 15 is 0 Å². The van der Waals surface area contributed by atoms with Crippen molar-refractivity contribution in [3.63, 3.8) is 0 Å². The normalized spacial score (nSPS) is 12.2. The maximum Gasteiger partial charge on any atom is 0.417 e. The lowest BCUT2D eigenvalue weighted by Crippen LogP contribution is -2.16. The van der Waals surface area contributed by atoms with E-state index in [-0.39, 0.29) is 39.8 Å². The van der Waals surface area contributed by atoms with Gasteiger partial charge in [0.05, 0.1) is 18.4 Å². The maximum absolute atomic E-state index is 13.9. The molecule has 0 saturated carbocycles. The number of nitrogens with two attached hydrogens (primary N) is 2. The second-order valence-electron chi connectivity index (χ2n) is 6.97. The average molecular weight is 455 g/mol. The molecule has 6 nitrogen and oxygen atoms in total. The number of methoxy groups -OCH3 is 1. The number of aromatic nitrogens is 2. The zero-order valence-corrected chi connectivity index (χ0v) is 17.2. The summed E-state index contributed by atoms with van der Waals surface area (Å²) < 4.78 is 60.1. The van der Waals surface area contributed by atoms with Gasteiger partial charge in [-0.1, -0.05) is 30.3 Å². The van der Waals surface area contributed by atoms with Crippen LogP contribution in [0.1, 0.15) is 11.1 Å². The van der Waals surface area contributed by atoms with E-state index in [9.17, 15) is 17.6 Å². The first-order valence-corrected chi connectivity index (χ1v) is 9.60. The van der Waals surface area contributed by atoms with Crippen LogP contribution < -0.4 is 16.2 Å². The number of hydrogen-bond donors (Lipinski definition) is 2. The van der Waals surface area contributed by atoms with E-state index < -0.39 is 17.6 Å². The minimum absolute atomic E-state index is 0.0213. The minimum atomic E-state index is -4.63. The largest absolute Gasteiger partial charge is 0.494 e. The van der Waals surface area contributed by atoms with Gasteiger partial charge in [0.2, 0.25) is 0 Å². The molecule has 0 fully saturated rings. The maximum atomic E-state index is 13.9. The number of ether oxygens (including phenoxy) is 1. The molecule has 0 bridgehead atoms. The molecule has 1 heterocycles. The first-order valence-electron chi connectivity index (χ1n) is 9.60. The quantitative estimate of drug-likeness (QED) is 0.193. The van der Waals surface area contributed by atoms with Gasteiger partial charge in [-0.25, -0.2) is 19.4 Å². The zero-order valence-electron chi connectivity index (χ0n) is 17.2. The number of benzene rings is 3. The van der Waals surface area contributed by atoms with Gasteiger partial charge in [0.15, 0.2) is 11.6 Å². The predicted molar refractivity (Wildman–Crippen MR) is 118 cm³/mol. The number of nitrogen functional groups attached to an aromatic ring is 1. The van der Waals surface area contributed by atoms with Crippen LogP contribution in [-0.4, -0.2) is 22.9 Å². The Balaban J connectivity index is 2.01. The van der Waals surface area contributed by atoms with Crippen molar-refractivity contribution in [2.24, 2.45) is 10.7 Å². The molecule has 0 amide bonds. The summed E-state index contributed by atoms with van der Waals surface area (Å²) in [5.74, 6) is -0.781. The summed E-state index contributed by atoms with van der Waals surface area (Å²) in [6.07, 6.45) is -4.63. The number of halogens is 4. The number of rotatable bonds is 4. The highest BCUT2D eigenvalue weighted by Crippen LogP contribution is 2.38. The summed E-state index contributed by atoms with van der Waals surface area (Å²) in [6, 6.07) is 13.9. The third kappa shape index (κ3) is 4.14. The van der Waals surface area contributed by atoms with Crippen LogP contribution in [0.5, 0.6) is 5.75 Å². The summed E-state index contributed by atoms with van der Waals surface area (Å²) in [7, 11) is 1.41. The smallest absolute Gasteiger partial charge is 0.417 e. The lowest BCUT2D eigenvalue weighted by Gasteiger charge is -2.14. The molecule has 0 aliphatic rings. The number of amidine groups is 1. The molecular weight excluding hydrogens is 438 g/mol. The van der Waals surface area contributed by atoms with E-state index in [0.717, 1.165) is 6.07 Å². The topological polar surface area (TPSA) is 99.4 Å². The second kappa shape index (κ2) is 8.38. The molecule has 4 N–H and O–H groups in total. The Hall–Kier alpha value is -4.21. The van der Waals surface area contributed by atoms with Crippen LogP contribution in [0.15, 0.2) is 65.7 Å². The first-order chi connectivity index (χ1) is 15.7. The highest BCUT2D eigenvalue weighted by molar-refractivity contribution is 6.05. The molecule has 10 heteroatoms. The van der Waals surface area contributed by atoms with Crippen molar-refractivity contribution in [1.82, 2.24) is 9.97 Å². The highest BCUT2D eigenvalue weighted by Gasteiger charge is 2.34. The zero-order chi connectivity index (χ0) is 23.8. The number of hydrogen-bond acceptors (Lipinski definition) is 5. The van der Waals surface area contributed by atoms with Crippen molar-refractivity contribution in [2.75, 3.05) is 12.8 Å². The van der Waals surface area contributed by atoms with Gasteiger partial charge >= 0.3 is 6.18 Å². The van der Waals surface area contributed by atoms with Crippen LogP contribution in [0.25, 0.3) is 22.3 Å². The Morgan fingerprint density at radius 1 is 0.970 bits per heavy atom. The van der Waals surface area contributed by atoms with Gasteiger partial charge in [0.1, 0.15) is 22.9 Å². The summed E-state index contributed by atoms with van der Waals surface area (Å²) in [5.41, 5.74) is 10.9. The van der Waals surface area contributed by atoms with E-state index in [0.29, 0.717) is 11.1 Å². The van der Waals surface area contributed by atoms with Gasteiger partial charge < -0.3 is 16.2 Å². The Bertz CT molecular complexity index is 1390. The monoisotopic (exact) mass is 455 g/mol. The second-order valence-corrected chi connectivity index (χ2v) is 6.97. The van der Waals surface area contributed by atoms with Crippen LogP contribution in [-0.2, 0) is 6.18 Å². The Labute approximate surface area is 185 Å². The number of para-hydroxylation sites is 2. The molecule has 0 saturated heterocycles. The van der Waals surface area contributed by atoms with Gasteiger partial charge in [-0.05, 0) is 30.3 Å². The van der Waals surface area contributed by atoms with Crippen LogP contribution >= 0.6 is 0 Å². The lowest BCUT2D eigenvalue weighted by molar-refractivity contribution is -0.137. The molecule has 33 heavy (non-hydrogen) atoms. The van der Waals surface area contributed by atoms with E-state index in [2.05, 4.69) is 15.0 Å². The fourth-order valence-electron chi connectivity index (χ4n) is 3.34. The molecule has 0 aliphatic carbocycles. The van der Waals surface area contributed by atoms with E-state index in [4.69, 9.17) is 16.2 Å². The molecule has 0 radical (unpaired) electrons. The fraction of sp³-hybridized carbons (Fsp3) is 0.0870. The molecule has 0 unspecified atom stereocenters. The Morgan fingerprint density at radius 3 is 2.42 bits per heavy atom. The van der Waals surface area contributed by atoms with Gasteiger partial charge in [-0.2, -0.15) is 13.2 Å². The molecule has 0 aliphatic heterocycles. The van der Waals surface area contributed by atoms with Crippen molar-refractivity contribution >= 4 is 28.2 Å². The predicted octanol–water partition coefficient (Wildman–Crippen LogP) is 5.08. The van der Waals surface area contributed by atoms with Gasteiger partial charge in [-0.3, -0.25) is 0 Å². The third-order valence-corrected chi connectivity index (χ3v) is 4.92. The summed E-state index contributed by atoms with van der Waals surface area (Å²) in [6.45, 7) is 0. The van der Waals surface area contributed by atoms with Crippen molar-refractivity contribution in [3.8, 4) is 17.1 Å². The van der Waals surface area contributed by atoms with Crippen LogP contribution in [0.3, 0.4) is 0 Å². The Morgan fingerprint density at radius 2 is 1.70 bits per heavy atom. The van der Waals surface area contributed by atoms with Crippen LogP contribution in [0, 0.1) is 5.82 Å². The van der Waals surface area contributed by atoms with Crippen LogP contribution in [0.2, 0.25) is 0 Å². The molecule has 4 rings (SSSR count). The molecule has 0 atom stereocenters. The summed E-state index contributed by atoms with van der Waals surface area (Å²) in [5, 5.41) is 0.375. The molecule has 4 aromatic rings. The van der Waals surface area contributed by atoms with Gasteiger partial charge in [0, 0.05) is 16.5 Å². The number of fused-ring (bicyclic) bond motifs is 1. The van der Waals surface area contributed by atoms with E-state index in [1.807, 2.05) is 0 Å². The number of alkyl halides is 3. The van der Waals surface area contributed by atoms with Crippen molar-refractivity contribution in [2.45, 2.75) is 6.18 Å². The number of nitrogens with zero attached hydrogens (tertiary/aromatic N) is 3. The standard InChI is InChI=1S/C23H17F4N5O/c1-33-17-11-5-8-14-19(17)30-21(12-6-2-3-9-15(12)23(25,26)27)32-22(14)31-20(29)13-7-4-10-16(24)18(13)28/h2-11H,28H2,1H3,(H2,29,30,31,32). The number of aliphatic imine (C=N–C) groups is 1. The molecule has 3 aromatic carbocycles. The highest BCUT2D eigenvalue weighted by atomic mass is 19.4. The summed E-state index contributed by atoms with van der Waals surface area (Å²) >= 11 is 0. The van der Waals surface area contributed by atoms with Crippen molar-refractivity contribution < 1.29 is 22.3 Å². The summed E-state index contributed by atoms with van der Waals surface area (Å²) in [4.78, 5) is 12.9. The third-order valence-electron chi connectivity index (χ3n) is 4.92. The van der Waals surface area contributed by atoms with Gasteiger partial charge in [-0.15, -0.1) is 0 Å². The number of anilines is 1.